The van der Waals surface area contributed by atoms with E-state index in [-0.39, 0.29) is 17.2 Å². The van der Waals surface area contributed by atoms with Gasteiger partial charge in [-0.1, -0.05) is 11.6 Å². The van der Waals surface area contributed by atoms with Gasteiger partial charge in [0.2, 0.25) is 5.89 Å². The first-order chi connectivity index (χ1) is 11.6. The number of aromatic nitrogens is 1. The number of halogens is 1. The monoisotopic (exact) mass is 337 g/mol. The molecule has 1 aromatic heterocycles. The molecule has 0 amide bonds. The van der Waals surface area contributed by atoms with Crippen LogP contribution in [0.4, 0.5) is 5.69 Å². The molecule has 0 aliphatic heterocycles. The number of nitriles is 1. The van der Waals surface area contributed by atoms with Gasteiger partial charge in [-0.2, -0.15) is 5.26 Å². The van der Waals surface area contributed by atoms with Crippen molar-refractivity contribution >= 4 is 39.7 Å². The number of carbonyl (C=O) groups excluding carboxylic acids is 1. The highest BCUT2D eigenvalue weighted by Crippen LogP contribution is 2.23. The molecule has 24 heavy (non-hydrogen) atoms. The van der Waals surface area contributed by atoms with Crippen LogP contribution in [0, 0.1) is 11.3 Å². The zero-order valence-electron chi connectivity index (χ0n) is 12.7. The molecule has 0 aliphatic carbocycles. The number of allylic oxidation sites excluding steroid dienone is 1. The molecule has 0 saturated carbocycles. The molecule has 0 spiro atoms. The smallest absolute Gasteiger partial charge is 0.239 e. The van der Waals surface area contributed by atoms with E-state index in [1.807, 2.05) is 6.07 Å². The molecule has 0 saturated heterocycles. The highest BCUT2D eigenvalue weighted by Gasteiger charge is 2.11. The number of oxazole rings is 1. The molecule has 0 unspecified atom stereocenters. The maximum absolute atomic E-state index is 11.3. The van der Waals surface area contributed by atoms with E-state index in [0.29, 0.717) is 21.7 Å². The van der Waals surface area contributed by atoms with Crippen molar-refractivity contribution in [1.29, 1.82) is 5.26 Å². The van der Waals surface area contributed by atoms with Crippen LogP contribution in [0.1, 0.15) is 23.2 Å². The number of hydrogen-bond acceptors (Lipinski definition) is 5. The van der Waals surface area contributed by atoms with Gasteiger partial charge in [-0.15, -0.1) is 0 Å². The minimum atomic E-state index is -0.0000533. The average Bonchev–Trinajstić information content (AvgIpc) is 2.98. The molecule has 0 fully saturated rings. The molecule has 1 N–H and O–H groups in total. The van der Waals surface area contributed by atoms with Gasteiger partial charge in [0, 0.05) is 22.5 Å². The van der Waals surface area contributed by atoms with Crippen molar-refractivity contribution in [3.63, 3.8) is 0 Å². The Hall–Kier alpha value is -3.10. The van der Waals surface area contributed by atoms with Crippen LogP contribution in [0.25, 0.3) is 16.7 Å². The Morgan fingerprint density at radius 1 is 1.29 bits per heavy atom. The maximum atomic E-state index is 11.3. The number of ketones is 1. The zero-order chi connectivity index (χ0) is 17.1. The summed E-state index contributed by atoms with van der Waals surface area (Å²) in [5.74, 6) is 0.211. The van der Waals surface area contributed by atoms with E-state index in [4.69, 9.17) is 16.0 Å². The van der Waals surface area contributed by atoms with Crippen LogP contribution in [0.2, 0.25) is 5.02 Å². The van der Waals surface area contributed by atoms with Crippen molar-refractivity contribution < 1.29 is 9.21 Å². The van der Waals surface area contributed by atoms with E-state index in [2.05, 4.69) is 10.3 Å². The van der Waals surface area contributed by atoms with Crippen molar-refractivity contribution in [3.05, 3.63) is 65.1 Å². The number of Topliss-reactive ketones (excluding diaryl/α,β-unsaturated/α-hetero) is 1. The number of fused-ring (bicyclic) bond motifs is 1. The second-order valence-corrected chi connectivity index (χ2v) is 5.52. The maximum Gasteiger partial charge on any atom is 0.239 e. The van der Waals surface area contributed by atoms with E-state index in [0.717, 1.165) is 5.69 Å². The fraction of sp³-hybridized carbons (Fsp3) is 0.0556. The summed E-state index contributed by atoms with van der Waals surface area (Å²) in [7, 11) is 0. The predicted molar refractivity (Wildman–Crippen MR) is 92.7 cm³/mol. The van der Waals surface area contributed by atoms with Crippen LogP contribution in [0.15, 0.2) is 53.1 Å². The first kappa shape index (κ1) is 15.8. The highest BCUT2D eigenvalue weighted by atomic mass is 35.5. The summed E-state index contributed by atoms with van der Waals surface area (Å²) in [5, 5.41) is 12.9. The van der Waals surface area contributed by atoms with Crippen LogP contribution in [0.5, 0.6) is 0 Å². The summed E-state index contributed by atoms with van der Waals surface area (Å²) in [6.07, 6.45) is 1.51. The topological polar surface area (TPSA) is 78.9 Å². The molecular formula is C18H12ClN3O2. The summed E-state index contributed by atoms with van der Waals surface area (Å²) < 4.78 is 5.57. The van der Waals surface area contributed by atoms with Crippen LogP contribution in [-0.4, -0.2) is 10.8 Å². The third kappa shape index (κ3) is 3.29. The largest absolute Gasteiger partial charge is 0.435 e. The van der Waals surface area contributed by atoms with Gasteiger partial charge >= 0.3 is 0 Å². The highest BCUT2D eigenvalue weighted by molar-refractivity contribution is 6.31. The van der Waals surface area contributed by atoms with Gasteiger partial charge in [-0.3, -0.25) is 4.79 Å². The Morgan fingerprint density at radius 2 is 2.04 bits per heavy atom. The number of benzene rings is 2. The Morgan fingerprint density at radius 3 is 2.71 bits per heavy atom. The first-order valence-corrected chi connectivity index (χ1v) is 7.49. The molecule has 3 rings (SSSR count). The number of rotatable bonds is 4. The molecule has 0 atom stereocenters. The second kappa shape index (κ2) is 6.57. The number of anilines is 1. The van der Waals surface area contributed by atoms with Crippen molar-refractivity contribution in [2.24, 2.45) is 0 Å². The number of nitrogens with zero attached hydrogens (tertiary/aromatic N) is 2. The molecule has 3 aromatic rings. The second-order valence-electron chi connectivity index (χ2n) is 5.08. The van der Waals surface area contributed by atoms with E-state index < -0.39 is 0 Å². The average molecular weight is 338 g/mol. The van der Waals surface area contributed by atoms with Crippen LogP contribution in [-0.2, 0) is 0 Å². The van der Waals surface area contributed by atoms with E-state index in [1.165, 1.54) is 13.1 Å². The number of carbonyl (C=O) groups is 1. The lowest BCUT2D eigenvalue weighted by atomic mass is 10.1. The molecule has 2 aromatic carbocycles. The van der Waals surface area contributed by atoms with Crippen molar-refractivity contribution in [1.82, 2.24) is 4.98 Å². The lowest BCUT2D eigenvalue weighted by Gasteiger charge is -2.02. The molecular weight excluding hydrogens is 326 g/mol. The summed E-state index contributed by atoms with van der Waals surface area (Å²) >= 11 is 5.92. The van der Waals surface area contributed by atoms with Gasteiger partial charge in [-0.05, 0) is 49.4 Å². The molecule has 0 radical (unpaired) electrons. The Labute approximate surface area is 143 Å². The number of hydrogen-bond donors (Lipinski definition) is 1. The quantitative estimate of drug-likeness (QED) is 0.553. The summed E-state index contributed by atoms with van der Waals surface area (Å²) in [6, 6.07) is 14.1. The standard InChI is InChI=1S/C18H12ClN3O2/c1-11(23)12-2-5-15(6-3-12)21-10-13(9-20)18-22-16-8-14(19)4-7-17(16)24-18/h2-8,10,21H,1H3. The predicted octanol–water partition coefficient (Wildman–Crippen LogP) is 4.66. The van der Waals surface area contributed by atoms with E-state index >= 15 is 0 Å². The lowest BCUT2D eigenvalue weighted by Crippen LogP contribution is -1.94. The lowest BCUT2D eigenvalue weighted by molar-refractivity contribution is 0.101. The fourth-order valence-electron chi connectivity index (χ4n) is 2.11. The third-order valence-electron chi connectivity index (χ3n) is 3.38. The van der Waals surface area contributed by atoms with Gasteiger partial charge < -0.3 is 9.73 Å². The van der Waals surface area contributed by atoms with E-state index in [9.17, 15) is 10.1 Å². The SMILES string of the molecule is CC(=O)c1ccc(NC=C(C#N)c2nc3cc(Cl)ccc3o2)cc1. The summed E-state index contributed by atoms with van der Waals surface area (Å²) in [4.78, 5) is 15.5. The summed E-state index contributed by atoms with van der Waals surface area (Å²) in [5.41, 5.74) is 2.76. The van der Waals surface area contributed by atoms with Gasteiger partial charge in [0.25, 0.3) is 0 Å². The molecule has 5 nitrogen and oxygen atoms in total. The van der Waals surface area contributed by atoms with Gasteiger partial charge in [0.05, 0.1) is 0 Å². The van der Waals surface area contributed by atoms with Crippen LogP contribution >= 0.6 is 11.6 Å². The van der Waals surface area contributed by atoms with Crippen LogP contribution < -0.4 is 5.32 Å². The Kier molecular flexibility index (Phi) is 4.32. The minimum Gasteiger partial charge on any atom is -0.435 e. The normalized spacial score (nSPS) is 11.3. The Bertz CT molecular complexity index is 982. The fourth-order valence-corrected chi connectivity index (χ4v) is 2.28. The Balaban J connectivity index is 1.85. The molecule has 1 heterocycles. The van der Waals surface area contributed by atoms with Crippen LogP contribution in [0.3, 0.4) is 0 Å². The van der Waals surface area contributed by atoms with E-state index in [1.54, 1.807) is 42.5 Å². The summed E-state index contributed by atoms with van der Waals surface area (Å²) in [6.45, 7) is 1.51. The van der Waals surface area contributed by atoms with Crippen molar-refractivity contribution in [3.8, 4) is 6.07 Å². The van der Waals surface area contributed by atoms with Crippen molar-refractivity contribution in [2.75, 3.05) is 5.32 Å². The molecule has 6 heteroatoms. The minimum absolute atomic E-state index is 0.0000533. The van der Waals surface area contributed by atoms with Gasteiger partial charge in [0.15, 0.2) is 11.4 Å². The van der Waals surface area contributed by atoms with Gasteiger partial charge in [0.1, 0.15) is 17.2 Å². The first-order valence-electron chi connectivity index (χ1n) is 7.11. The molecule has 118 valence electrons. The molecule has 0 bridgehead atoms. The zero-order valence-corrected chi connectivity index (χ0v) is 13.5. The molecule has 0 aliphatic rings. The van der Waals surface area contributed by atoms with Crippen molar-refractivity contribution in [2.45, 2.75) is 6.92 Å². The van der Waals surface area contributed by atoms with Gasteiger partial charge in [-0.25, -0.2) is 4.98 Å². The number of nitrogens with one attached hydrogen (secondary N) is 1. The third-order valence-corrected chi connectivity index (χ3v) is 3.61.